The topological polar surface area (TPSA) is 75.6 Å². The van der Waals surface area contributed by atoms with Gasteiger partial charge in [-0.25, -0.2) is 24.5 Å². The molecule has 1 saturated heterocycles. The van der Waals surface area contributed by atoms with E-state index < -0.39 is 12.2 Å². The first-order valence-corrected chi connectivity index (χ1v) is 10.7. The number of amides is 2. The average Bonchev–Trinajstić information content (AvgIpc) is 3.28. The van der Waals surface area contributed by atoms with Crippen LogP contribution >= 0.6 is 34.5 Å². The highest BCUT2D eigenvalue weighted by Crippen LogP contribution is 2.34. The second kappa shape index (κ2) is 8.52. The Morgan fingerprint density at radius 1 is 1.28 bits per heavy atom. The van der Waals surface area contributed by atoms with E-state index in [0.717, 1.165) is 15.8 Å². The van der Waals surface area contributed by atoms with Gasteiger partial charge >= 0.3 is 12.0 Å². The highest BCUT2D eigenvalue weighted by molar-refractivity contribution is 7.22. The summed E-state index contributed by atoms with van der Waals surface area (Å²) < 4.78 is 6.52. The largest absolute Gasteiger partial charge is 0.434 e. The molecule has 0 radical (unpaired) electrons. The van der Waals surface area contributed by atoms with Crippen LogP contribution in [-0.4, -0.2) is 52.1 Å². The van der Waals surface area contributed by atoms with E-state index in [0.29, 0.717) is 17.6 Å². The van der Waals surface area contributed by atoms with Crippen LogP contribution in [0.4, 0.5) is 9.93 Å². The number of hydrogen-bond acceptors (Lipinski definition) is 6. The minimum absolute atomic E-state index is 0.173. The zero-order chi connectivity index (χ0) is 20.4. The summed E-state index contributed by atoms with van der Waals surface area (Å²) in [4.78, 5) is 37.0. The predicted molar refractivity (Wildman–Crippen MR) is 113 cm³/mol. The molecule has 1 aliphatic rings. The van der Waals surface area contributed by atoms with Crippen LogP contribution in [0.25, 0.3) is 10.2 Å². The molecule has 29 heavy (non-hydrogen) atoms. The van der Waals surface area contributed by atoms with E-state index >= 15 is 0 Å². The first kappa shape index (κ1) is 19.9. The van der Waals surface area contributed by atoms with E-state index in [1.807, 2.05) is 18.2 Å². The number of esters is 1. The van der Waals surface area contributed by atoms with Crippen molar-refractivity contribution in [2.75, 3.05) is 23.9 Å². The Labute approximate surface area is 180 Å². The lowest BCUT2D eigenvalue weighted by Gasteiger charge is -2.20. The fraction of sp³-hybridized carbons (Fsp3) is 0.263. The number of rotatable bonds is 6. The van der Waals surface area contributed by atoms with Crippen LogP contribution in [-0.2, 0) is 10.6 Å². The summed E-state index contributed by atoms with van der Waals surface area (Å²) in [7, 11) is 0. The molecule has 1 atom stereocenters. The molecule has 2 amide bonds. The lowest BCUT2D eigenvalue weighted by atomic mass is 10.2. The molecule has 3 aromatic rings. The number of hydrogen-bond donors (Lipinski definition) is 0. The number of ether oxygens (including phenoxy) is 1. The number of carbonyl (C=O) groups is 2. The molecule has 2 aromatic heterocycles. The van der Waals surface area contributed by atoms with Gasteiger partial charge in [0.25, 0.3) is 0 Å². The first-order valence-electron chi connectivity index (χ1n) is 8.82. The summed E-state index contributed by atoms with van der Waals surface area (Å²) in [6.07, 6.45) is 0.684. The van der Waals surface area contributed by atoms with Gasteiger partial charge in [0, 0.05) is 24.5 Å². The molecule has 1 fully saturated rings. The Morgan fingerprint density at radius 2 is 2.14 bits per heavy atom. The van der Waals surface area contributed by atoms with Crippen molar-refractivity contribution in [3.8, 4) is 0 Å². The van der Waals surface area contributed by atoms with Gasteiger partial charge in [-0.05, 0) is 29.8 Å². The molecule has 1 aliphatic heterocycles. The molecule has 1 aromatic carbocycles. The summed E-state index contributed by atoms with van der Waals surface area (Å²) in [5.41, 5.74) is 1.88. The lowest BCUT2D eigenvalue weighted by Crippen LogP contribution is -2.38. The van der Waals surface area contributed by atoms with Crippen LogP contribution in [0.2, 0.25) is 0 Å². The normalized spacial score (nSPS) is 16.6. The smallest absolute Gasteiger partial charge is 0.358 e. The number of urea groups is 1. The van der Waals surface area contributed by atoms with E-state index in [-0.39, 0.29) is 24.1 Å². The molecule has 3 heterocycles. The van der Waals surface area contributed by atoms with Crippen molar-refractivity contribution in [1.82, 2.24) is 14.9 Å². The first-order chi connectivity index (χ1) is 14.1. The van der Waals surface area contributed by atoms with E-state index in [2.05, 4.69) is 9.97 Å². The van der Waals surface area contributed by atoms with Crippen LogP contribution < -0.4 is 4.90 Å². The van der Waals surface area contributed by atoms with Gasteiger partial charge < -0.3 is 9.64 Å². The molecule has 0 N–H and O–H groups in total. The van der Waals surface area contributed by atoms with Crippen LogP contribution in [0, 0.1) is 0 Å². The summed E-state index contributed by atoms with van der Waals surface area (Å²) in [6, 6.07) is 10.4. The standard InChI is InChI=1S/C19H16Cl2N4O3S/c20-6-8-24-11-16(28-17(26)14-3-1-2-7-22-14)25(19(24)27)18-23-13-5-4-12(10-21)9-15(13)29-18/h1-5,7,9,16H,6,8,10-11H2. The number of anilines is 1. The van der Waals surface area contributed by atoms with Crippen molar-refractivity contribution in [2.45, 2.75) is 12.1 Å². The number of alkyl halides is 2. The molecule has 4 rings (SSSR count). The summed E-state index contributed by atoms with van der Waals surface area (Å²) in [5, 5.41) is 0.451. The number of thiazole rings is 1. The molecule has 0 spiro atoms. The van der Waals surface area contributed by atoms with Crippen molar-refractivity contribution in [3.63, 3.8) is 0 Å². The SMILES string of the molecule is O=C(OC1CN(CCCl)C(=O)N1c1nc2ccc(CCl)cc2s1)c1ccccn1. The second-order valence-electron chi connectivity index (χ2n) is 6.29. The summed E-state index contributed by atoms with van der Waals surface area (Å²) in [5.74, 6) is 0.0608. The summed E-state index contributed by atoms with van der Waals surface area (Å²) >= 11 is 13.1. The Kier molecular flexibility index (Phi) is 5.84. The van der Waals surface area contributed by atoms with Gasteiger partial charge in [0.15, 0.2) is 5.13 Å². The Hall–Kier alpha value is -2.42. The Bertz CT molecular complexity index is 1050. The number of carbonyl (C=O) groups excluding carboxylic acids is 2. The third-order valence-corrected chi connectivity index (χ3v) is 5.91. The number of fused-ring (bicyclic) bond motifs is 1. The number of pyridine rings is 1. The van der Waals surface area contributed by atoms with Crippen molar-refractivity contribution < 1.29 is 14.3 Å². The highest BCUT2D eigenvalue weighted by atomic mass is 35.5. The molecule has 7 nitrogen and oxygen atoms in total. The Balaban J connectivity index is 1.65. The molecule has 0 aliphatic carbocycles. The van der Waals surface area contributed by atoms with Gasteiger partial charge in [0.1, 0.15) is 5.69 Å². The number of halogens is 2. The van der Waals surface area contributed by atoms with Crippen molar-refractivity contribution in [3.05, 3.63) is 53.9 Å². The minimum Gasteiger partial charge on any atom is -0.434 e. The van der Waals surface area contributed by atoms with Gasteiger partial charge in [-0.1, -0.05) is 23.5 Å². The second-order valence-corrected chi connectivity index (χ2v) is 7.95. The van der Waals surface area contributed by atoms with E-state index in [1.165, 1.54) is 22.4 Å². The van der Waals surface area contributed by atoms with Gasteiger partial charge in [-0.15, -0.1) is 23.2 Å². The van der Waals surface area contributed by atoms with Crippen molar-refractivity contribution in [2.24, 2.45) is 0 Å². The third-order valence-electron chi connectivity index (χ3n) is 4.41. The van der Waals surface area contributed by atoms with E-state index in [9.17, 15) is 9.59 Å². The van der Waals surface area contributed by atoms with E-state index in [1.54, 1.807) is 23.1 Å². The lowest BCUT2D eigenvalue weighted by molar-refractivity contribution is 0.0320. The van der Waals surface area contributed by atoms with Gasteiger partial charge in [-0.3, -0.25) is 0 Å². The zero-order valence-electron chi connectivity index (χ0n) is 15.1. The van der Waals surface area contributed by atoms with Gasteiger partial charge in [0.2, 0.25) is 6.23 Å². The Morgan fingerprint density at radius 3 is 2.86 bits per heavy atom. The van der Waals surface area contributed by atoms with Crippen LogP contribution in [0.3, 0.4) is 0 Å². The monoisotopic (exact) mass is 450 g/mol. The zero-order valence-corrected chi connectivity index (χ0v) is 17.5. The molecule has 10 heteroatoms. The predicted octanol–water partition coefficient (Wildman–Crippen LogP) is 4.09. The minimum atomic E-state index is -0.826. The van der Waals surface area contributed by atoms with Crippen LogP contribution in [0.1, 0.15) is 16.1 Å². The van der Waals surface area contributed by atoms with Crippen LogP contribution in [0.5, 0.6) is 0 Å². The maximum Gasteiger partial charge on any atom is 0.358 e. The maximum absolute atomic E-state index is 13.0. The molecular formula is C19H16Cl2N4O3S. The average molecular weight is 451 g/mol. The van der Waals surface area contributed by atoms with Crippen molar-refractivity contribution >= 4 is 61.9 Å². The van der Waals surface area contributed by atoms with Crippen molar-refractivity contribution in [1.29, 1.82) is 0 Å². The third kappa shape index (κ3) is 4.01. The van der Waals surface area contributed by atoms with Gasteiger partial charge in [0.05, 0.1) is 16.8 Å². The number of nitrogens with zero attached hydrogens (tertiary/aromatic N) is 4. The highest BCUT2D eigenvalue weighted by Gasteiger charge is 2.42. The van der Waals surface area contributed by atoms with Gasteiger partial charge in [-0.2, -0.15) is 0 Å². The maximum atomic E-state index is 13.0. The number of aromatic nitrogens is 2. The van der Waals surface area contributed by atoms with Crippen LogP contribution in [0.15, 0.2) is 42.6 Å². The molecular weight excluding hydrogens is 435 g/mol. The fourth-order valence-corrected chi connectivity index (χ4v) is 4.45. The molecule has 1 unspecified atom stereocenters. The molecule has 0 saturated carbocycles. The van der Waals surface area contributed by atoms with E-state index in [4.69, 9.17) is 27.9 Å². The molecule has 0 bridgehead atoms. The quantitative estimate of drug-likeness (QED) is 0.417. The summed E-state index contributed by atoms with van der Waals surface area (Å²) in [6.45, 7) is 0.544. The molecule has 150 valence electrons. The fourth-order valence-electron chi connectivity index (χ4n) is 3.02. The number of benzene rings is 1.